The van der Waals surface area contributed by atoms with Crippen molar-refractivity contribution >= 4 is 18.5 Å². The van der Waals surface area contributed by atoms with Crippen LogP contribution < -0.4 is 0 Å². The van der Waals surface area contributed by atoms with Crippen molar-refractivity contribution in [2.24, 2.45) is 5.92 Å². The first-order chi connectivity index (χ1) is 6.61. The first-order valence-corrected chi connectivity index (χ1v) is 9.72. The molecule has 2 heteroatoms. The zero-order chi connectivity index (χ0) is 12.0. The first kappa shape index (κ1) is 13.1. The minimum atomic E-state index is -1.70. The van der Waals surface area contributed by atoms with Crippen LogP contribution in [0.2, 0.25) is 18.1 Å². The fourth-order valence-corrected chi connectivity index (χ4v) is 4.52. The van der Waals surface area contributed by atoms with Gasteiger partial charge in [0.05, 0.1) is 0 Å². The van der Waals surface area contributed by atoms with Gasteiger partial charge >= 0.3 is 0 Å². The Kier molecular flexibility index (Phi) is 3.29. The van der Waals surface area contributed by atoms with E-state index in [0.29, 0.717) is 5.92 Å². The standard InChI is InChI=1S/C13H23ClSi/c1-9(2)12-8-13(5,15(6,7)14)11(4)10(12)3/h8-9H,1-7H3/t13-/m0/s1. The molecule has 1 atom stereocenters. The average molecular weight is 243 g/mol. The molecule has 0 fully saturated rings. The summed E-state index contributed by atoms with van der Waals surface area (Å²) in [7, 11) is -1.70. The minimum absolute atomic E-state index is 0.137. The Bertz CT molecular complexity index is 331. The van der Waals surface area contributed by atoms with Crippen molar-refractivity contribution in [1.82, 2.24) is 0 Å². The second-order valence-electron chi connectivity index (χ2n) is 5.68. The highest BCUT2D eigenvalue weighted by atomic mass is 35.6. The predicted octanol–water partition coefficient (Wildman–Crippen LogP) is 5.12. The molecule has 0 amide bonds. The van der Waals surface area contributed by atoms with E-state index < -0.39 is 7.38 Å². The van der Waals surface area contributed by atoms with Crippen LogP contribution >= 0.6 is 11.1 Å². The van der Waals surface area contributed by atoms with Crippen LogP contribution in [0.25, 0.3) is 0 Å². The van der Waals surface area contributed by atoms with E-state index >= 15 is 0 Å². The Morgan fingerprint density at radius 1 is 1.27 bits per heavy atom. The average Bonchev–Trinajstić information content (AvgIpc) is 2.29. The molecule has 0 N–H and O–H groups in total. The summed E-state index contributed by atoms with van der Waals surface area (Å²) in [6.45, 7) is 15.8. The molecule has 0 nitrogen and oxygen atoms in total. The molecule has 0 bridgehead atoms. The van der Waals surface area contributed by atoms with Crippen LogP contribution in [0, 0.1) is 5.92 Å². The van der Waals surface area contributed by atoms with Gasteiger partial charge in [0.2, 0.25) is 0 Å². The lowest BCUT2D eigenvalue weighted by Crippen LogP contribution is -2.33. The van der Waals surface area contributed by atoms with Gasteiger partial charge in [-0.2, -0.15) is 11.1 Å². The van der Waals surface area contributed by atoms with Crippen molar-refractivity contribution in [1.29, 1.82) is 0 Å². The van der Waals surface area contributed by atoms with Gasteiger partial charge in [0.15, 0.2) is 7.38 Å². The summed E-state index contributed by atoms with van der Waals surface area (Å²) in [6.07, 6.45) is 2.43. The lowest BCUT2D eigenvalue weighted by atomic mass is 9.98. The van der Waals surface area contributed by atoms with Crippen molar-refractivity contribution in [2.45, 2.75) is 52.8 Å². The Labute approximate surface area is 100 Å². The highest BCUT2D eigenvalue weighted by Crippen LogP contribution is 2.55. The van der Waals surface area contributed by atoms with Crippen molar-refractivity contribution in [3.8, 4) is 0 Å². The summed E-state index contributed by atoms with van der Waals surface area (Å²) in [5.41, 5.74) is 4.45. The maximum atomic E-state index is 6.67. The van der Waals surface area contributed by atoms with Crippen LogP contribution in [0.4, 0.5) is 0 Å². The zero-order valence-corrected chi connectivity index (χ0v) is 12.8. The maximum Gasteiger partial charge on any atom is 0.164 e. The van der Waals surface area contributed by atoms with Crippen LogP contribution in [0.1, 0.15) is 34.6 Å². The van der Waals surface area contributed by atoms with Gasteiger partial charge in [0, 0.05) is 5.04 Å². The largest absolute Gasteiger partial charge is 0.166 e. The van der Waals surface area contributed by atoms with Crippen LogP contribution in [0.15, 0.2) is 22.8 Å². The highest BCUT2D eigenvalue weighted by Gasteiger charge is 2.45. The Hall–Kier alpha value is -0.0131. The van der Waals surface area contributed by atoms with Crippen molar-refractivity contribution in [3.05, 3.63) is 22.8 Å². The smallest absolute Gasteiger partial charge is 0.164 e. The third kappa shape index (κ3) is 1.96. The summed E-state index contributed by atoms with van der Waals surface area (Å²) in [5.74, 6) is 0.606. The normalized spacial score (nSPS) is 27.7. The fraction of sp³-hybridized carbons (Fsp3) is 0.692. The molecule has 0 spiro atoms. The number of halogens is 1. The molecule has 0 aliphatic heterocycles. The molecule has 0 saturated heterocycles. The van der Waals surface area contributed by atoms with E-state index in [1.165, 1.54) is 16.7 Å². The molecule has 86 valence electrons. The Balaban J connectivity index is 3.29. The van der Waals surface area contributed by atoms with Crippen molar-refractivity contribution < 1.29 is 0 Å². The summed E-state index contributed by atoms with van der Waals surface area (Å²) >= 11 is 6.67. The zero-order valence-electron chi connectivity index (χ0n) is 11.0. The molecule has 0 saturated carbocycles. The van der Waals surface area contributed by atoms with Gasteiger partial charge in [-0.1, -0.05) is 45.5 Å². The molecular formula is C13H23ClSi. The van der Waals surface area contributed by atoms with E-state index in [1.807, 2.05) is 0 Å². The molecule has 1 aliphatic rings. The maximum absolute atomic E-state index is 6.67. The SMILES string of the molecule is CC1=C(C)[C@@](C)([Si](C)(C)Cl)C=C1C(C)C. The predicted molar refractivity (Wildman–Crippen MR) is 73.0 cm³/mol. The van der Waals surface area contributed by atoms with E-state index in [2.05, 4.69) is 53.8 Å². The molecule has 0 aromatic carbocycles. The lowest BCUT2D eigenvalue weighted by Gasteiger charge is -2.35. The molecule has 0 aromatic rings. The second kappa shape index (κ2) is 3.78. The monoisotopic (exact) mass is 242 g/mol. The van der Waals surface area contributed by atoms with Gasteiger partial charge in [-0.15, -0.1) is 0 Å². The molecule has 15 heavy (non-hydrogen) atoms. The van der Waals surface area contributed by atoms with Gasteiger partial charge in [0.25, 0.3) is 0 Å². The van der Waals surface area contributed by atoms with Gasteiger partial charge in [-0.3, -0.25) is 0 Å². The Morgan fingerprint density at radius 2 is 1.73 bits per heavy atom. The van der Waals surface area contributed by atoms with Crippen molar-refractivity contribution in [3.63, 3.8) is 0 Å². The number of hydrogen-bond acceptors (Lipinski definition) is 0. The number of allylic oxidation sites excluding steroid dienone is 4. The van der Waals surface area contributed by atoms with Gasteiger partial charge in [-0.05, 0) is 30.9 Å². The third-order valence-electron chi connectivity index (χ3n) is 4.08. The molecule has 0 radical (unpaired) electrons. The van der Waals surface area contributed by atoms with Crippen LogP contribution in [0.3, 0.4) is 0 Å². The van der Waals surface area contributed by atoms with Gasteiger partial charge < -0.3 is 0 Å². The molecule has 1 aliphatic carbocycles. The summed E-state index contributed by atoms with van der Waals surface area (Å²) in [4.78, 5) is 0. The minimum Gasteiger partial charge on any atom is -0.166 e. The number of rotatable bonds is 2. The summed E-state index contributed by atoms with van der Waals surface area (Å²) in [6, 6.07) is 0. The molecular weight excluding hydrogens is 220 g/mol. The topological polar surface area (TPSA) is 0 Å². The van der Waals surface area contributed by atoms with E-state index in [4.69, 9.17) is 11.1 Å². The van der Waals surface area contributed by atoms with E-state index in [0.717, 1.165) is 0 Å². The fourth-order valence-electron chi connectivity index (χ4n) is 2.35. The second-order valence-corrected chi connectivity index (χ2v) is 12.5. The highest BCUT2D eigenvalue weighted by molar-refractivity contribution is 7.21. The quantitative estimate of drug-likeness (QED) is 0.466. The molecule has 1 rings (SSSR count). The molecule has 0 aromatic heterocycles. The van der Waals surface area contributed by atoms with Crippen LogP contribution in [0.5, 0.6) is 0 Å². The molecule has 0 unspecified atom stereocenters. The summed E-state index contributed by atoms with van der Waals surface area (Å²) < 4.78 is 0. The van der Waals surface area contributed by atoms with Gasteiger partial charge in [-0.25, -0.2) is 0 Å². The number of hydrogen-bond donors (Lipinski definition) is 0. The van der Waals surface area contributed by atoms with Crippen molar-refractivity contribution in [2.75, 3.05) is 0 Å². The first-order valence-electron chi connectivity index (χ1n) is 5.71. The lowest BCUT2D eigenvalue weighted by molar-refractivity contribution is 0.776. The van der Waals surface area contributed by atoms with Gasteiger partial charge in [0.1, 0.15) is 0 Å². The third-order valence-corrected chi connectivity index (χ3v) is 8.24. The van der Waals surface area contributed by atoms with Crippen LogP contribution in [-0.2, 0) is 0 Å². The molecule has 0 heterocycles. The van der Waals surface area contributed by atoms with E-state index in [-0.39, 0.29) is 5.04 Å². The van der Waals surface area contributed by atoms with Crippen LogP contribution in [-0.4, -0.2) is 7.38 Å². The summed E-state index contributed by atoms with van der Waals surface area (Å²) in [5, 5.41) is 0.137. The van der Waals surface area contributed by atoms with E-state index in [1.54, 1.807) is 0 Å². The van der Waals surface area contributed by atoms with E-state index in [9.17, 15) is 0 Å². The Morgan fingerprint density at radius 3 is 1.93 bits per heavy atom.